The molecule has 0 fully saturated rings. The summed E-state index contributed by atoms with van der Waals surface area (Å²) in [5.74, 6) is -0.338. The first kappa shape index (κ1) is 18.3. The molecule has 0 saturated heterocycles. The Morgan fingerprint density at radius 1 is 1.16 bits per heavy atom. The summed E-state index contributed by atoms with van der Waals surface area (Å²) in [4.78, 5) is 11.8. The van der Waals surface area contributed by atoms with E-state index in [-0.39, 0.29) is 10.6 Å². The summed E-state index contributed by atoms with van der Waals surface area (Å²) in [7, 11) is -3.71. The van der Waals surface area contributed by atoms with Crippen molar-refractivity contribution in [1.82, 2.24) is 4.57 Å². The summed E-state index contributed by atoms with van der Waals surface area (Å²) in [6.07, 6.45) is 0. The Hall–Kier alpha value is -1.54. The zero-order valence-electron chi connectivity index (χ0n) is 13.1. The number of fused-ring (bicyclic) bond motifs is 1. The van der Waals surface area contributed by atoms with Crippen molar-refractivity contribution in [2.75, 3.05) is 4.72 Å². The molecule has 0 saturated carbocycles. The van der Waals surface area contributed by atoms with Crippen molar-refractivity contribution >= 4 is 60.5 Å². The zero-order chi connectivity index (χ0) is 18.2. The highest BCUT2D eigenvalue weighted by Crippen LogP contribution is 2.28. The molecule has 9 heteroatoms. The molecule has 0 aliphatic carbocycles. The number of nitrogens with zero attached hydrogens (tertiary/aromatic N) is 1. The predicted octanol–water partition coefficient (Wildman–Crippen LogP) is 4.33. The number of aryl methyl sites for hydroxylation is 1. The van der Waals surface area contributed by atoms with Gasteiger partial charge in [-0.3, -0.25) is 14.1 Å². The lowest BCUT2D eigenvalue weighted by Gasteiger charge is -2.10. The molecule has 2 aromatic carbocycles. The van der Waals surface area contributed by atoms with Crippen molar-refractivity contribution < 1.29 is 8.42 Å². The van der Waals surface area contributed by atoms with E-state index >= 15 is 0 Å². The highest BCUT2D eigenvalue weighted by atomic mass is 35.5. The van der Waals surface area contributed by atoms with Crippen LogP contribution in [0.5, 0.6) is 0 Å². The van der Waals surface area contributed by atoms with Gasteiger partial charge >= 0.3 is 4.87 Å². The van der Waals surface area contributed by atoms with Crippen LogP contribution in [0.1, 0.15) is 12.5 Å². The second-order valence-corrected chi connectivity index (χ2v) is 8.89. The Balaban J connectivity index is 1.90. The fourth-order valence-corrected chi connectivity index (χ4v) is 5.44. The lowest BCUT2D eigenvalue weighted by Crippen LogP contribution is -2.15. The number of rotatable bonds is 5. The molecule has 0 bridgehead atoms. The maximum Gasteiger partial charge on any atom is 0.308 e. The van der Waals surface area contributed by atoms with E-state index in [0.29, 0.717) is 27.8 Å². The third-order valence-corrected chi connectivity index (χ3v) is 6.52. The Morgan fingerprint density at radius 2 is 1.84 bits per heavy atom. The number of aromatic nitrogens is 1. The number of benzene rings is 2. The first-order valence-electron chi connectivity index (χ1n) is 7.37. The van der Waals surface area contributed by atoms with Crippen LogP contribution in [0.2, 0.25) is 10.0 Å². The Labute approximate surface area is 158 Å². The van der Waals surface area contributed by atoms with Gasteiger partial charge in [-0.25, -0.2) is 8.42 Å². The highest BCUT2D eigenvalue weighted by Gasteiger charge is 2.17. The maximum absolute atomic E-state index is 12.4. The topological polar surface area (TPSA) is 68.2 Å². The van der Waals surface area contributed by atoms with Crippen LogP contribution in [0.4, 0.5) is 5.69 Å². The van der Waals surface area contributed by atoms with Gasteiger partial charge in [-0.1, -0.05) is 40.6 Å². The Bertz CT molecular complexity index is 1080. The minimum atomic E-state index is -3.71. The summed E-state index contributed by atoms with van der Waals surface area (Å²) in [6.45, 7) is 2.45. The molecular formula is C16H14Cl2N2O3S2. The predicted molar refractivity (Wildman–Crippen MR) is 104 cm³/mol. The van der Waals surface area contributed by atoms with Crippen molar-refractivity contribution in [3.8, 4) is 0 Å². The van der Waals surface area contributed by atoms with Crippen LogP contribution in [0.15, 0.2) is 41.2 Å². The maximum atomic E-state index is 12.4. The molecule has 5 nitrogen and oxygen atoms in total. The van der Waals surface area contributed by atoms with Crippen LogP contribution >= 0.6 is 34.5 Å². The number of hydrogen-bond acceptors (Lipinski definition) is 4. The summed E-state index contributed by atoms with van der Waals surface area (Å²) < 4.78 is 29.8. The molecule has 3 aromatic rings. The lowest BCUT2D eigenvalue weighted by molar-refractivity contribution is 0.600. The fourth-order valence-electron chi connectivity index (χ4n) is 2.51. The van der Waals surface area contributed by atoms with E-state index in [9.17, 15) is 13.2 Å². The van der Waals surface area contributed by atoms with Gasteiger partial charge in [-0.15, -0.1) is 0 Å². The van der Waals surface area contributed by atoms with E-state index in [1.165, 1.54) is 0 Å². The van der Waals surface area contributed by atoms with Gasteiger partial charge in [0.15, 0.2) is 0 Å². The first-order chi connectivity index (χ1) is 11.8. The van der Waals surface area contributed by atoms with Crippen LogP contribution in [-0.2, 0) is 22.3 Å². The minimum Gasteiger partial charge on any atom is -0.299 e. The number of nitrogens with one attached hydrogen (secondary N) is 1. The molecule has 0 aliphatic heterocycles. The Morgan fingerprint density at radius 3 is 2.48 bits per heavy atom. The molecule has 132 valence electrons. The molecule has 25 heavy (non-hydrogen) atoms. The minimum absolute atomic E-state index is 0.0691. The normalized spacial score (nSPS) is 11.8. The van der Waals surface area contributed by atoms with Gasteiger partial charge in [0.05, 0.1) is 21.7 Å². The molecular weight excluding hydrogens is 403 g/mol. The van der Waals surface area contributed by atoms with Gasteiger partial charge in [-0.05, 0) is 37.3 Å². The molecule has 1 N–H and O–H groups in total. The number of hydrogen-bond donors (Lipinski definition) is 1. The fraction of sp³-hybridized carbons (Fsp3) is 0.188. The zero-order valence-corrected chi connectivity index (χ0v) is 16.3. The third kappa shape index (κ3) is 3.84. The first-order valence-corrected chi connectivity index (χ1v) is 10.6. The third-order valence-electron chi connectivity index (χ3n) is 3.65. The van der Waals surface area contributed by atoms with Gasteiger partial charge < -0.3 is 0 Å². The molecule has 1 aromatic heterocycles. The lowest BCUT2D eigenvalue weighted by atomic mass is 10.2. The molecule has 0 amide bonds. The highest BCUT2D eigenvalue weighted by molar-refractivity contribution is 7.91. The van der Waals surface area contributed by atoms with Crippen LogP contribution < -0.4 is 9.60 Å². The van der Waals surface area contributed by atoms with Crippen molar-refractivity contribution in [3.63, 3.8) is 0 Å². The van der Waals surface area contributed by atoms with Gasteiger partial charge in [0.25, 0.3) is 0 Å². The molecule has 3 rings (SSSR count). The smallest absolute Gasteiger partial charge is 0.299 e. The molecule has 1 heterocycles. The van der Waals surface area contributed by atoms with Gasteiger partial charge in [0.2, 0.25) is 10.0 Å². The summed E-state index contributed by atoms with van der Waals surface area (Å²) in [5, 5.41) is 0.595. The quantitative estimate of drug-likeness (QED) is 0.672. The number of halogens is 2. The SMILES string of the molecule is CCn1c(=O)sc2cc(NS(=O)(=O)Cc3c(Cl)cccc3Cl)ccc21. The Kier molecular flexibility index (Phi) is 5.11. The van der Waals surface area contributed by atoms with Crippen molar-refractivity contribution in [2.24, 2.45) is 0 Å². The van der Waals surface area contributed by atoms with E-state index in [1.54, 1.807) is 41.0 Å². The van der Waals surface area contributed by atoms with Crippen LogP contribution in [0.25, 0.3) is 10.2 Å². The number of sulfonamides is 1. The molecule has 0 spiro atoms. The largest absolute Gasteiger partial charge is 0.308 e. The van der Waals surface area contributed by atoms with E-state index in [2.05, 4.69) is 4.72 Å². The van der Waals surface area contributed by atoms with Gasteiger partial charge in [-0.2, -0.15) is 0 Å². The van der Waals surface area contributed by atoms with E-state index in [1.807, 2.05) is 6.92 Å². The van der Waals surface area contributed by atoms with Crippen LogP contribution in [0.3, 0.4) is 0 Å². The average molecular weight is 417 g/mol. The molecule has 0 aliphatic rings. The standard InChI is InChI=1S/C16H14Cl2N2O3S2/c1-2-20-14-7-6-10(8-15(14)24-16(20)21)19-25(22,23)9-11-12(17)4-3-5-13(11)18/h3-8,19H,2,9H2,1H3. The summed E-state index contributed by atoms with van der Waals surface area (Å²) in [6, 6.07) is 9.86. The van der Waals surface area contributed by atoms with Crippen molar-refractivity contribution in [3.05, 3.63) is 61.7 Å². The number of thiazole rings is 1. The van der Waals surface area contributed by atoms with Crippen molar-refractivity contribution in [1.29, 1.82) is 0 Å². The van der Waals surface area contributed by atoms with Crippen LogP contribution in [-0.4, -0.2) is 13.0 Å². The summed E-state index contributed by atoms with van der Waals surface area (Å²) >= 11 is 13.2. The molecule has 0 atom stereocenters. The van der Waals surface area contributed by atoms with Gasteiger partial charge in [0, 0.05) is 22.2 Å². The van der Waals surface area contributed by atoms with Gasteiger partial charge in [0.1, 0.15) is 0 Å². The van der Waals surface area contributed by atoms with E-state index in [0.717, 1.165) is 21.6 Å². The summed E-state index contributed by atoms with van der Waals surface area (Å²) in [5.41, 5.74) is 1.52. The average Bonchev–Trinajstić information content (AvgIpc) is 2.85. The second-order valence-electron chi connectivity index (χ2n) is 5.36. The van der Waals surface area contributed by atoms with E-state index in [4.69, 9.17) is 23.2 Å². The van der Waals surface area contributed by atoms with E-state index < -0.39 is 10.0 Å². The molecule has 0 unspecified atom stereocenters. The molecule has 0 radical (unpaired) electrons. The monoisotopic (exact) mass is 416 g/mol. The number of anilines is 1. The second kappa shape index (κ2) is 6.99. The van der Waals surface area contributed by atoms with Crippen LogP contribution in [0, 0.1) is 0 Å². The van der Waals surface area contributed by atoms with Crippen molar-refractivity contribution in [2.45, 2.75) is 19.2 Å².